The minimum atomic E-state index is -3.78. The molecule has 0 radical (unpaired) electrons. The number of Topliss-reactive ketones (excluding diaryl/α,β-unsaturated/α-hetero) is 1. The third kappa shape index (κ3) is 5.87. The van der Waals surface area contributed by atoms with E-state index < -0.39 is 15.8 Å². The third-order valence-corrected chi connectivity index (χ3v) is 5.25. The summed E-state index contributed by atoms with van der Waals surface area (Å²) in [7, 11) is -3.78. The summed E-state index contributed by atoms with van der Waals surface area (Å²) in [6.45, 7) is 5.60. The Hall–Kier alpha value is -1.81. The van der Waals surface area contributed by atoms with Gasteiger partial charge in [0.05, 0.1) is 11.5 Å². The molecule has 144 valence electrons. The fourth-order valence-electron chi connectivity index (χ4n) is 2.44. The van der Waals surface area contributed by atoms with Gasteiger partial charge in [-0.15, -0.1) is 0 Å². The van der Waals surface area contributed by atoms with Crippen LogP contribution in [0.3, 0.4) is 0 Å². The summed E-state index contributed by atoms with van der Waals surface area (Å²) in [6, 6.07) is 5.76. The molecule has 2 N–H and O–H groups in total. The van der Waals surface area contributed by atoms with Crippen LogP contribution < -0.4 is 10.0 Å². The molecule has 1 heterocycles. The predicted octanol–water partition coefficient (Wildman–Crippen LogP) is 0.825. The molecule has 0 aliphatic carbocycles. The Bertz CT molecular complexity index is 775. The molecule has 1 aliphatic rings. The average molecular weight is 384 g/mol. The number of hydrogen-bond donors (Lipinski definition) is 2. The van der Waals surface area contributed by atoms with E-state index in [9.17, 15) is 18.0 Å². The number of benzene rings is 1. The summed E-state index contributed by atoms with van der Waals surface area (Å²) in [4.78, 5) is 23.2. The largest absolute Gasteiger partial charge is 0.353 e. The van der Waals surface area contributed by atoms with E-state index in [1.165, 1.54) is 25.1 Å². The SMILES string of the molecule is CC(=O)c1cccc(S(=O)(=O)NCCC(=O)NC[C@@H]2COC(C)(C)O2)c1. The third-order valence-electron chi connectivity index (χ3n) is 3.79. The molecule has 0 spiro atoms. The van der Waals surface area contributed by atoms with Crippen molar-refractivity contribution in [3.63, 3.8) is 0 Å². The van der Waals surface area contributed by atoms with Crippen LogP contribution in [-0.4, -0.2) is 51.7 Å². The number of carbonyl (C=O) groups excluding carboxylic acids is 2. The highest BCUT2D eigenvalue weighted by molar-refractivity contribution is 7.89. The molecule has 2 rings (SSSR count). The van der Waals surface area contributed by atoms with Crippen LogP contribution in [0.15, 0.2) is 29.2 Å². The highest BCUT2D eigenvalue weighted by atomic mass is 32.2. The number of ether oxygens (including phenoxy) is 2. The van der Waals surface area contributed by atoms with Crippen LogP contribution in [0, 0.1) is 0 Å². The van der Waals surface area contributed by atoms with Gasteiger partial charge in [-0.25, -0.2) is 13.1 Å². The summed E-state index contributed by atoms with van der Waals surface area (Å²) in [5, 5.41) is 2.69. The van der Waals surface area contributed by atoms with Gasteiger partial charge in [0, 0.05) is 25.1 Å². The molecule has 9 heteroatoms. The number of sulfonamides is 1. The van der Waals surface area contributed by atoms with Crippen molar-refractivity contribution >= 4 is 21.7 Å². The summed E-state index contributed by atoms with van der Waals surface area (Å²) in [5.41, 5.74) is 0.312. The molecular weight excluding hydrogens is 360 g/mol. The normalized spacial score (nSPS) is 19.3. The summed E-state index contributed by atoms with van der Waals surface area (Å²) in [6.07, 6.45) is -0.234. The molecule has 1 saturated heterocycles. The van der Waals surface area contributed by atoms with Crippen LogP contribution in [0.4, 0.5) is 0 Å². The van der Waals surface area contributed by atoms with Crippen molar-refractivity contribution in [3.05, 3.63) is 29.8 Å². The summed E-state index contributed by atoms with van der Waals surface area (Å²) in [5.74, 6) is -1.17. The van der Waals surface area contributed by atoms with Gasteiger partial charge in [0.25, 0.3) is 0 Å². The monoisotopic (exact) mass is 384 g/mol. The zero-order valence-electron chi connectivity index (χ0n) is 15.1. The molecule has 26 heavy (non-hydrogen) atoms. The Morgan fingerprint density at radius 2 is 2.04 bits per heavy atom. The Balaban J connectivity index is 1.78. The van der Waals surface area contributed by atoms with E-state index in [1.807, 2.05) is 0 Å². The molecular formula is C17H24N2O6S. The first-order valence-electron chi connectivity index (χ1n) is 8.28. The Labute approximate surface area is 153 Å². The van der Waals surface area contributed by atoms with Gasteiger partial charge in [-0.05, 0) is 32.9 Å². The van der Waals surface area contributed by atoms with Gasteiger partial charge < -0.3 is 14.8 Å². The molecule has 1 atom stereocenters. The first-order valence-corrected chi connectivity index (χ1v) is 9.76. The van der Waals surface area contributed by atoms with Crippen LogP contribution in [0.5, 0.6) is 0 Å². The molecule has 0 saturated carbocycles. The second-order valence-corrected chi connectivity index (χ2v) is 8.25. The van der Waals surface area contributed by atoms with Crippen molar-refractivity contribution in [3.8, 4) is 0 Å². The lowest BCUT2D eigenvalue weighted by Crippen LogP contribution is -2.36. The van der Waals surface area contributed by atoms with Crippen molar-refractivity contribution in [2.45, 2.75) is 44.0 Å². The standard InChI is InChI=1S/C17H24N2O6S/c1-12(20)13-5-4-6-15(9-13)26(22,23)19-8-7-16(21)18-10-14-11-24-17(2,3)25-14/h4-6,9,14,19H,7-8,10-11H2,1-3H3,(H,18,21)/t14-/m1/s1. The fourth-order valence-corrected chi connectivity index (χ4v) is 3.52. The first-order chi connectivity index (χ1) is 12.1. The van der Waals surface area contributed by atoms with Gasteiger partial charge in [0.2, 0.25) is 15.9 Å². The maximum Gasteiger partial charge on any atom is 0.240 e. The number of amides is 1. The van der Waals surface area contributed by atoms with E-state index in [0.717, 1.165) is 0 Å². The maximum absolute atomic E-state index is 12.2. The average Bonchev–Trinajstić information content (AvgIpc) is 2.92. The predicted molar refractivity (Wildman–Crippen MR) is 94.2 cm³/mol. The van der Waals surface area contributed by atoms with Gasteiger partial charge in [0.15, 0.2) is 11.6 Å². The number of ketones is 1. The van der Waals surface area contributed by atoms with Gasteiger partial charge in [-0.3, -0.25) is 9.59 Å². The van der Waals surface area contributed by atoms with Crippen molar-refractivity contribution in [2.24, 2.45) is 0 Å². The van der Waals surface area contributed by atoms with Crippen LogP contribution >= 0.6 is 0 Å². The van der Waals surface area contributed by atoms with Crippen LogP contribution in [0.2, 0.25) is 0 Å². The molecule has 0 aromatic heterocycles. The smallest absolute Gasteiger partial charge is 0.240 e. The molecule has 0 bridgehead atoms. The van der Waals surface area contributed by atoms with Crippen LogP contribution in [0.1, 0.15) is 37.6 Å². The van der Waals surface area contributed by atoms with Crippen molar-refractivity contribution < 1.29 is 27.5 Å². The topological polar surface area (TPSA) is 111 Å². The number of carbonyl (C=O) groups is 2. The van der Waals surface area contributed by atoms with E-state index in [4.69, 9.17) is 9.47 Å². The Morgan fingerprint density at radius 3 is 2.65 bits per heavy atom. The maximum atomic E-state index is 12.2. The molecule has 8 nitrogen and oxygen atoms in total. The van der Waals surface area contributed by atoms with Crippen molar-refractivity contribution in [1.29, 1.82) is 0 Å². The lowest BCUT2D eigenvalue weighted by molar-refractivity contribution is -0.139. The van der Waals surface area contributed by atoms with Crippen LogP contribution in [-0.2, 0) is 24.3 Å². The molecule has 1 amide bonds. The van der Waals surface area contributed by atoms with E-state index in [1.54, 1.807) is 19.9 Å². The minimum absolute atomic E-state index is 0.00987. The van der Waals surface area contributed by atoms with Crippen molar-refractivity contribution in [1.82, 2.24) is 10.0 Å². The Morgan fingerprint density at radius 1 is 1.31 bits per heavy atom. The van der Waals surface area contributed by atoms with Crippen LogP contribution in [0.25, 0.3) is 0 Å². The fraction of sp³-hybridized carbons (Fsp3) is 0.529. The first kappa shape index (κ1) is 20.5. The van der Waals surface area contributed by atoms with E-state index in [2.05, 4.69) is 10.0 Å². The summed E-state index contributed by atoms with van der Waals surface area (Å²) >= 11 is 0. The minimum Gasteiger partial charge on any atom is -0.353 e. The second kappa shape index (κ2) is 8.26. The van der Waals surface area contributed by atoms with Crippen molar-refractivity contribution in [2.75, 3.05) is 19.7 Å². The van der Waals surface area contributed by atoms with E-state index in [0.29, 0.717) is 18.7 Å². The lowest BCUT2D eigenvalue weighted by atomic mass is 10.2. The molecule has 1 aromatic carbocycles. The highest BCUT2D eigenvalue weighted by Crippen LogP contribution is 2.21. The second-order valence-electron chi connectivity index (χ2n) is 6.49. The molecule has 1 aromatic rings. The highest BCUT2D eigenvalue weighted by Gasteiger charge is 2.32. The quantitative estimate of drug-likeness (QED) is 0.642. The molecule has 1 fully saturated rings. The van der Waals surface area contributed by atoms with Gasteiger partial charge >= 0.3 is 0 Å². The Kier molecular flexibility index (Phi) is 6.51. The lowest BCUT2D eigenvalue weighted by Gasteiger charge is -2.17. The number of rotatable bonds is 8. The van der Waals surface area contributed by atoms with E-state index >= 15 is 0 Å². The van der Waals surface area contributed by atoms with Gasteiger partial charge in [-0.2, -0.15) is 0 Å². The summed E-state index contributed by atoms with van der Waals surface area (Å²) < 4.78 is 37.8. The van der Waals surface area contributed by atoms with E-state index in [-0.39, 0.29) is 35.7 Å². The number of nitrogens with one attached hydrogen (secondary N) is 2. The molecule has 1 aliphatic heterocycles. The van der Waals surface area contributed by atoms with Gasteiger partial charge in [-0.1, -0.05) is 12.1 Å². The zero-order chi connectivity index (χ0) is 19.4. The molecule has 0 unspecified atom stereocenters. The number of hydrogen-bond acceptors (Lipinski definition) is 6. The van der Waals surface area contributed by atoms with Gasteiger partial charge in [0.1, 0.15) is 6.10 Å². The zero-order valence-corrected chi connectivity index (χ0v) is 15.9.